The summed E-state index contributed by atoms with van der Waals surface area (Å²) in [4.78, 5) is 22.8. The Labute approximate surface area is 106 Å². The zero-order valence-corrected chi connectivity index (χ0v) is 11.5. The van der Waals surface area contributed by atoms with Crippen LogP contribution in [0.1, 0.15) is 34.6 Å². The summed E-state index contributed by atoms with van der Waals surface area (Å²) in [5.41, 5.74) is 1.57. The Kier molecular flexibility index (Phi) is 3.84. The average molecular weight is 254 g/mol. The summed E-state index contributed by atoms with van der Waals surface area (Å²) in [6.45, 7) is 8.31. The van der Waals surface area contributed by atoms with Gasteiger partial charge in [-0.1, -0.05) is 0 Å². The number of esters is 2. The van der Waals surface area contributed by atoms with Gasteiger partial charge in [0.25, 0.3) is 5.79 Å². The highest BCUT2D eigenvalue weighted by molar-refractivity contribution is 5.92. The average Bonchev–Trinajstić information content (AvgIpc) is 2.51. The van der Waals surface area contributed by atoms with E-state index >= 15 is 0 Å². The van der Waals surface area contributed by atoms with E-state index in [4.69, 9.17) is 9.47 Å². The zero-order chi connectivity index (χ0) is 14.1. The Morgan fingerprint density at radius 1 is 1.28 bits per heavy atom. The third-order valence-corrected chi connectivity index (χ3v) is 3.20. The smallest absolute Gasteiger partial charge is 0.337 e. The van der Waals surface area contributed by atoms with Gasteiger partial charge in [-0.3, -0.25) is 0 Å². The van der Waals surface area contributed by atoms with Crippen molar-refractivity contribution in [2.45, 2.75) is 40.4 Å². The lowest BCUT2D eigenvalue weighted by Crippen LogP contribution is -2.31. The van der Waals surface area contributed by atoms with Crippen LogP contribution in [0.4, 0.5) is 0 Å². The van der Waals surface area contributed by atoms with Crippen molar-refractivity contribution in [3.05, 3.63) is 22.5 Å². The van der Waals surface area contributed by atoms with Crippen LogP contribution in [0, 0.1) is 0 Å². The highest BCUT2D eigenvalue weighted by Crippen LogP contribution is 2.35. The molecule has 1 aliphatic rings. The van der Waals surface area contributed by atoms with E-state index in [1.165, 1.54) is 7.11 Å². The quantitative estimate of drug-likeness (QED) is 0.438. The maximum Gasteiger partial charge on any atom is 0.337 e. The van der Waals surface area contributed by atoms with Crippen LogP contribution in [0.5, 0.6) is 0 Å². The first-order chi connectivity index (χ1) is 8.23. The topological polar surface area (TPSA) is 61.8 Å². The molecule has 0 aromatic rings. The van der Waals surface area contributed by atoms with Crippen LogP contribution < -0.4 is 0 Å². The van der Waals surface area contributed by atoms with Crippen LogP contribution in [0.3, 0.4) is 0 Å². The molecule has 1 rings (SSSR count). The molecule has 0 aromatic heterocycles. The van der Waals surface area contributed by atoms with E-state index in [0.717, 1.165) is 0 Å². The predicted molar refractivity (Wildman–Crippen MR) is 64.3 cm³/mol. The molecule has 0 saturated heterocycles. The number of hydrogen-bond acceptors (Lipinski definition) is 5. The molecule has 18 heavy (non-hydrogen) atoms. The molecule has 0 aromatic carbocycles. The number of methoxy groups -OCH3 is 1. The van der Waals surface area contributed by atoms with Crippen LogP contribution in [-0.2, 0) is 23.8 Å². The fourth-order valence-electron chi connectivity index (χ4n) is 1.59. The fourth-order valence-corrected chi connectivity index (χ4v) is 1.59. The van der Waals surface area contributed by atoms with E-state index < -0.39 is 17.7 Å². The Morgan fingerprint density at radius 3 is 2.22 bits per heavy atom. The number of hydrogen-bond donors (Lipinski definition) is 0. The zero-order valence-electron chi connectivity index (χ0n) is 11.5. The number of allylic oxidation sites excluding steroid dienone is 1. The monoisotopic (exact) mass is 254 g/mol. The molecule has 1 heterocycles. The summed E-state index contributed by atoms with van der Waals surface area (Å²) in [5.74, 6) is -1.66. The van der Waals surface area contributed by atoms with E-state index in [1.807, 2.05) is 0 Å². The van der Waals surface area contributed by atoms with Gasteiger partial charge < -0.3 is 14.2 Å². The number of carbonyl (C=O) groups is 2. The molecule has 0 spiro atoms. The highest BCUT2D eigenvalue weighted by atomic mass is 16.7. The van der Waals surface area contributed by atoms with Gasteiger partial charge in [-0.25, -0.2) is 9.59 Å². The van der Waals surface area contributed by atoms with E-state index in [1.54, 1.807) is 34.6 Å². The van der Waals surface area contributed by atoms with Gasteiger partial charge in [0.2, 0.25) is 0 Å². The van der Waals surface area contributed by atoms with E-state index in [2.05, 4.69) is 4.74 Å². The molecule has 0 fully saturated rings. The molecular weight excluding hydrogens is 236 g/mol. The fraction of sp³-hybridized carbons (Fsp3) is 0.538. The van der Waals surface area contributed by atoms with Gasteiger partial charge in [0.15, 0.2) is 0 Å². The largest absolute Gasteiger partial charge is 0.466 e. The molecule has 0 radical (unpaired) electrons. The van der Waals surface area contributed by atoms with Crippen LogP contribution in [0.15, 0.2) is 22.5 Å². The number of cyclic esters (lactones) is 1. The van der Waals surface area contributed by atoms with Crippen LogP contribution >= 0.6 is 0 Å². The van der Waals surface area contributed by atoms with Crippen molar-refractivity contribution < 1.29 is 23.8 Å². The van der Waals surface area contributed by atoms with Gasteiger partial charge in [-0.15, -0.1) is 0 Å². The van der Waals surface area contributed by atoms with Crippen molar-refractivity contribution in [3.8, 4) is 0 Å². The minimum atomic E-state index is -1.15. The van der Waals surface area contributed by atoms with Gasteiger partial charge in [-0.05, 0) is 27.7 Å². The predicted octanol–water partition coefficient (Wildman–Crippen LogP) is 2.08. The summed E-state index contributed by atoms with van der Waals surface area (Å²) in [6, 6.07) is 0. The Bertz CT molecular complexity index is 458. The number of rotatable bonds is 3. The van der Waals surface area contributed by atoms with Gasteiger partial charge in [-0.2, -0.15) is 0 Å². The molecule has 0 bridgehead atoms. The van der Waals surface area contributed by atoms with E-state index in [-0.39, 0.29) is 0 Å². The highest BCUT2D eigenvalue weighted by Gasteiger charge is 2.42. The second kappa shape index (κ2) is 4.84. The Morgan fingerprint density at radius 2 is 1.83 bits per heavy atom. The summed E-state index contributed by atoms with van der Waals surface area (Å²) < 4.78 is 15.4. The first kappa shape index (κ1) is 14.3. The Balaban J connectivity index is 3.00. The first-order valence-corrected chi connectivity index (χ1v) is 5.59. The summed E-state index contributed by atoms with van der Waals surface area (Å²) in [6.07, 6.45) is 0. The standard InChI is InChI=1S/C13H18O5/c1-7-9(3)13(5,18-12(7)15)17-10(4)8(2)11(14)16-6/h1-6H3/b10-8+. The van der Waals surface area contributed by atoms with Crippen molar-refractivity contribution in [1.29, 1.82) is 0 Å². The molecule has 0 saturated carbocycles. The number of carbonyl (C=O) groups excluding carboxylic acids is 2. The van der Waals surface area contributed by atoms with Gasteiger partial charge >= 0.3 is 11.9 Å². The van der Waals surface area contributed by atoms with Gasteiger partial charge in [0, 0.05) is 18.1 Å². The molecular formula is C13H18O5. The SMILES string of the molecule is COC(=O)/C(C)=C(\C)OC1(C)OC(=O)C(C)=C1C. The van der Waals surface area contributed by atoms with E-state index in [0.29, 0.717) is 22.5 Å². The lowest BCUT2D eigenvalue weighted by molar-refractivity contribution is -0.181. The van der Waals surface area contributed by atoms with E-state index in [9.17, 15) is 9.59 Å². The Hall–Kier alpha value is -1.78. The lowest BCUT2D eigenvalue weighted by Gasteiger charge is -2.27. The van der Waals surface area contributed by atoms with Crippen LogP contribution in [0.2, 0.25) is 0 Å². The molecule has 1 aliphatic heterocycles. The molecule has 0 N–H and O–H groups in total. The van der Waals surface area contributed by atoms with Crippen LogP contribution in [-0.4, -0.2) is 24.8 Å². The molecule has 0 amide bonds. The molecule has 5 heteroatoms. The summed E-state index contributed by atoms with van der Waals surface area (Å²) in [5, 5.41) is 0. The first-order valence-electron chi connectivity index (χ1n) is 5.59. The normalized spacial score (nSPS) is 24.7. The van der Waals surface area contributed by atoms with Crippen molar-refractivity contribution in [1.82, 2.24) is 0 Å². The number of ether oxygens (including phenoxy) is 3. The molecule has 1 unspecified atom stereocenters. The summed E-state index contributed by atoms with van der Waals surface area (Å²) >= 11 is 0. The molecule has 0 aliphatic carbocycles. The maximum atomic E-state index is 11.5. The third kappa shape index (κ3) is 2.39. The summed E-state index contributed by atoms with van der Waals surface area (Å²) in [7, 11) is 1.30. The molecule has 5 nitrogen and oxygen atoms in total. The van der Waals surface area contributed by atoms with Crippen LogP contribution in [0.25, 0.3) is 0 Å². The molecule has 100 valence electrons. The second-order valence-corrected chi connectivity index (χ2v) is 4.36. The van der Waals surface area contributed by atoms with Crippen molar-refractivity contribution in [3.63, 3.8) is 0 Å². The minimum Gasteiger partial charge on any atom is -0.466 e. The lowest BCUT2D eigenvalue weighted by atomic mass is 10.1. The second-order valence-electron chi connectivity index (χ2n) is 4.36. The molecule has 1 atom stereocenters. The minimum absolute atomic E-state index is 0.340. The van der Waals surface area contributed by atoms with Crippen molar-refractivity contribution >= 4 is 11.9 Å². The van der Waals surface area contributed by atoms with Crippen molar-refractivity contribution in [2.24, 2.45) is 0 Å². The van der Waals surface area contributed by atoms with Crippen molar-refractivity contribution in [2.75, 3.05) is 7.11 Å². The van der Waals surface area contributed by atoms with Gasteiger partial charge in [0.05, 0.1) is 12.7 Å². The van der Waals surface area contributed by atoms with Gasteiger partial charge in [0.1, 0.15) is 5.76 Å². The third-order valence-electron chi connectivity index (χ3n) is 3.20. The maximum absolute atomic E-state index is 11.5.